The van der Waals surface area contributed by atoms with Gasteiger partial charge in [-0.2, -0.15) is 4.98 Å². The van der Waals surface area contributed by atoms with Gasteiger partial charge >= 0.3 is 0 Å². The molecule has 0 atom stereocenters. The van der Waals surface area contributed by atoms with Gasteiger partial charge in [-0.05, 0) is 0 Å². The Bertz CT molecular complexity index is 552. The Labute approximate surface area is 96.1 Å². The van der Waals surface area contributed by atoms with Crippen LogP contribution in [0.25, 0.3) is 0 Å². The molecule has 1 aliphatic heterocycles. The predicted octanol–water partition coefficient (Wildman–Crippen LogP) is -0.190. The first-order valence-corrected chi connectivity index (χ1v) is 5.13. The minimum absolute atomic E-state index is 0.0634. The van der Waals surface area contributed by atoms with E-state index in [9.17, 15) is 4.39 Å². The van der Waals surface area contributed by atoms with Crippen LogP contribution in [-0.4, -0.2) is 31.3 Å². The zero-order chi connectivity index (χ0) is 11.8. The van der Waals surface area contributed by atoms with E-state index in [1.54, 1.807) is 11.2 Å². The van der Waals surface area contributed by atoms with Crippen LogP contribution in [0.2, 0.25) is 0 Å². The lowest BCUT2D eigenvalue weighted by atomic mass is 10.3. The third kappa shape index (κ3) is 1.67. The van der Waals surface area contributed by atoms with Gasteiger partial charge in [0.15, 0.2) is 17.5 Å². The number of nitrogen functional groups attached to an aromatic ring is 1. The molecule has 0 fully saturated rings. The number of nitrogens with two attached hydrogens (primary N) is 1. The Balaban J connectivity index is 1.94. The van der Waals surface area contributed by atoms with Gasteiger partial charge in [0, 0.05) is 13.1 Å². The zero-order valence-electron chi connectivity index (χ0n) is 8.91. The SMILES string of the molecule is Nc1ncc(F)c(N2CCn3cnnc3C2)n1. The van der Waals surface area contributed by atoms with Gasteiger partial charge in [0.2, 0.25) is 5.95 Å². The smallest absolute Gasteiger partial charge is 0.222 e. The lowest BCUT2D eigenvalue weighted by molar-refractivity contribution is 0.536. The van der Waals surface area contributed by atoms with Crippen LogP contribution in [0, 0.1) is 5.82 Å². The summed E-state index contributed by atoms with van der Waals surface area (Å²) in [6.07, 6.45) is 2.74. The highest BCUT2D eigenvalue weighted by molar-refractivity contribution is 5.43. The largest absolute Gasteiger partial charge is 0.368 e. The molecule has 0 radical (unpaired) electrons. The van der Waals surface area contributed by atoms with Crippen LogP contribution in [0.15, 0.2) is 12.5 Å². The lowest BCUT2D eigenvalue weighted by Crippen LogP contribution is -2.35. The van der Waals surface area contributed by atoms with E-state index in [2.05, 4.69) is 20.2 Å². The van der Waals surface area contributed by atoms with Gasteiger partial charge in [-0.25, -0.2) is 9.37 Å². The van der Waals surface area contributed by atoms with Crippen molar-refractivity contribution in [2.75, 3.05) is 17.2 Å². The molecule has 0 bridgehead atoms. The maximum Gasteiger partial charge on any atom is 0.222 e. The molecule has 2 N–H and O–H groups in total. The average molecular weight is 235 g/mol. The van der Waals surface area contributed by atoms with Crippen LogP contribution in [0.5, 0.6) is 0 Å². The number of nitrogens with zero attached hydrogens (tertiary/aromatic N) is 6. The van der Waals surface area contributed by atoms with Crippen molar-refractivity contribution in [3.05, 3.63) is 24.2 Å². The fourth-order valence-corrected chi connectivity index (χ4v) is 1.84. The Morgan fingerprint density at radius 2 is 2.24 bits per heavy atom. The molecule has 0 aliphatic carbocycles. The molecule has 0 saturated heterocycles. The number of hydrogen-bond donors (Lipinski definition) is 1. The van der Waals surface area contributed by atoms with Gasteiger partial charge in [-0.3, -0.25) is 0 Å². The minimum Gasteiger partial charge on any atom is -0.368 e. The molecular formula is C9H10FN7. The fraction of sp³-hybridized carbons (Fsp3) is 0.333. The van der Waals surface area contributed by atoms with Gasteiger partial charge in [-0.15, -0.1) is 10.2 Å². The highest BCUT2D eigenvalue weighted by Crippen LogP contribution is 2.20. The number of halogens is 1. The van der Waals surface area contributed by atoms with Gasteiger partial charge < -0.3 is 15.2 Å². The monoisotopic (exact) mass is 235 g/mol. The molecule has 0 aromatic carbocycles. The zero-order valence-corrected chi connectivity index (χ0v) is 8.91. The molecule has 8 heteroatoms. The number of anilines is 2. The third-order valence-electron chi connectivity index (χ3n) is 2.68. The van der Waals surface area contributed by atoms with Crippen LogP contribution in [0.4, 0.5) is 16.2 Å². The highest BCUT2D eigenvalue weighted by atomic mass is 19.1. The van der Waals surface area contributed by atoms with Crippen molar-refractivity contribution >= 4 is 11.8 Å². The Morgan fingerprint density at radius 1 is 1.35 bits per heavy atom. The molecule has 0 saturated carbocycles. The van der Waals surface area contributed by atoms with Gasteiger partial charge in [0.05, 0.1) is 12.7 Å². The van der Waals surface area contributed by atoms with E-state index in [0.29, 0.717) is 19.6 Å². The van der Waals surface area contributed by atoms with E-state index >= 15 is 0 Å². The third-order valence-corrected chi connectivity index (χ3v) is 2.68. The minimum atomic E-state index is -0.479. The van der Waals surface area contributed by atoms with Crippen molar-refractivity contribution < 1.29 is 4.39 Å². The number of hydrogen-bond acceptors (Lipinski definition) is 6. The summed E-state index contributed by atoms with van der Waals surface area (Å²) in [6, 6.07) is 0. The Hall–Kier alpha value is -2.25. The van der Waals surface area contributed by atoms with Crippen molar-refractivity contribution in [1.82, 2.24) is 24.7 Å². The van der Waals surface area contributed by atoms with Crippen molar-refractivity contribution in [2.24, 2.45) is 0 Å². The van der Waals surface area contributed by atoms with E-state index in [0.717, 1.165) is 12.0 Å². The first-order chi connectivity index (χ1) is 8.24. The van der Waals surface area contributed by atoms with Crippen molar-refractivity contribution in [3.63, 3.8) is 0 Å². The number of aromatic nitrogens is 5. The molecule has 0 amide bonds. The molecule has 88 valence electrons. The number of fused-ring (bicyclic) bond motifs is 1. The van der Waals surface area contributed by atoms with Crippen molar-refractivity contribution in [2.45, 2.75) is 13.1 Å². The summed E-state index contributed by atoms with van der Waals surface area (Å²) in [5.41, 5.74) is 5.46. The van der Waals surface area contributed by atoms with E-state index in [1.807, 2.05) is 4.57 Å². The van der Waals surface area contributed by atoms with E-state index in [4.69, 9.17) is 5.73 Å². The van der Waals surface area contributed by atoms with Crippen molar-refractivity contribution in [3.8, 4) is 0 Å². The molecule has 2 aromatic heterocycles. The quantitative estimate of drug-likeness (QED) is 0.737. The molecule has 3 heterocycles. The maximum absolute atomic E-state index is 13.6. The summed E-state index contributed by atoms with van der Waals surface area (Å²) in [7, 11) is 0. The number of rotatable bonds is 1. The van der Waals surface area contributed by atoms with Crippen LogP contribution in [0.3, 0.4) is 0 Å². The predicted molar refractivity (Wildman–Crippen MR) is 57.5 cm³/mol. The van der Waals surface area contributed by atoms with Gasteiger partial charge in [0.1, 0.15) is 6.33 Å². The maximum atomic E-state index is 13.6. The molecular weight excluding hydrogens is 225 g/mol. The van der Waals surface area contributed by atoms with Crippen LogP contribution in [-0.2, 0) is 13.1 Å². The highest BCUT2D eigenvalue weighted by Gasteiger charge is 2.21. The van der Waals surface area contributed by atoms with Gasteiger partial charge in [-0.1, -0.05) is 0 Å². The van der Waals surface area contributed by atoms with Crippen LogP contribution in [0.1, 0.15) is 5.82 Å². The summed E-state index contributed by atoms with van der Waals surface area (Å²) in [4.78, 5) is 9.29. The molecule has 3 rings (SSSR count). The lowest BCUT2D eigenvalue weighted by Gasteiger charge is -2.28. The van der Waals surface area contributed by atoms with E-state index in [1.165, 1.54) is 0 Å². The standard InChI is InChI=1S/C9H10FN7/c10-6-3-12-9(11)14-8(6)16-1-2-17-5-13-15-7(17)4-16/h3,5H,1-2,4H2,(H2,11,12,14). The molecule has 2 aromatic rings. The van der Waals surface area contributed by atoms with Crippen LogP contribution >= 0.6 is 0 Å². The molecule has 7 nitrogen and oxygen atoms in total. The van der Waals surface area contributed by atoms with Crippen molar-refractivity contribution in [1.29, 1.82) is 0 Å². The first-order valence-electron chi connectivity index (χ1n) is 5.13. The van der Waals surface area contributed by atoms with Gasteiger partial charge in [0.25, 0.3) is 0 Å². The summed E-state index contributed by atoms with van der Waals surface area (Å²) in [6.45, 7) is 1.80. The molecule has 17 heavy (non-hydrogen) atoms. The summed E-state index contributed by atoms with van der Waals surface area (Å²) < 4.78 is 15.5. The summed E-state index contributed by atoms with van der Waals surface area (Å²) >= 11 is 0. The van der Waals surface area contributed by atoms with E-state index in [-0.39, 0.29) is 11.8 Å². The van der Waals surface area contributed by atoms with Crippen LogP contribution < -0.4 is 10.6 Å². The molecule has 0 unspecified atom stereocenters. The average Bonchev–Trinajstić information content (AvgIpc) is 2.79. The second kappa shape index (κ2) is 3.65. The fourth-order valence-electron chi connectivity index (χ4n) is 1.84. The van der Waals surface area contributed by atoms with E-state index < -0.39 is 5.82 Å². The Kier molecular flexibility index (Phi) is 2.13. The second-order valence-corrected chi connectivity index (χ2v) is 3.76. The Morgan fingerprint density at radius 3 is 3.12 bits per heavy atom. The molecule has 1 aliphatic rings. The second-order valence-electron chi connectivity index (χ2n) is 3.76. The molecule has 0 spiro atoms. The topological polar surface area (TPSA) is 85.8 Å². The summed E-state index contributed by atoms with van der Waals surface area (Å²) in [5.74, 6) is 0.584. The summed E-state index contributed by atoms with van der Waals surface area (Å²) in [5, 5.41) is 7.77. The first kappa shape index (κ1) is 9.94. The normalized spacial score (nSPS) is 14.8.